The van der Waals surface area contributed by atoms with Crippen molar-refractivity contribution in [3.05, 3.63) is 28.2 Å². The minimum absolute atomic E-state index is 0.274. The second kappa shape index (κ2) is 5.02. The Bertz CT molecular complexity index is 393. The molecule has 1 heterocycles. The summed E-state index contributed by atoms with van der Waals surface area (Å²) in [5.41, 5.74) is 0.700. The number of rotatable bonds is 3. The van der Waals surface area contributed by atoms with Gasteiger partial charge in [-0.2, -0.15) is 0 Å². The molecule has 17 heavy (non-hydrogen) atoms. The van der Waals surface area contributed by atoms with Gasteiger partial charge < -0.3 is 14.4 Å². The van der Waals surface area contributed by atoms with Crippen LogP contribution in [0.5, 0.6) is 0 Å². The van der Waals surface area contributed by atoms with Crippen LogP contribution in [0.2, 0.25) is 10.0 Å². The summed E-state index contributed by atoms with van der Waals surface area (Å²) in [5, 5.41) is 1.26. The zero-order chi connectivity index (χ0) is 12.5. The van der Waals surface area contributed by atoms with Crippen molar-refractivity contribution in [3.8, 4) is 0 Å². The third-order valence-corrected chi connectivity index (χ3v) is 3.19. The number of methoxy groups -OCH3 is 1. The lowest BCUT2D eigenvalue weighted by Crippen LogP contribution is -2.35. The van der Waals surface area contributed by atoms with Crippen LogP contribution in [0.4, 0.5) is 5.69 Å². The van der Waals surface area contributed by atoms with E-state index in [4.69, 9.17) is 32.7 Å². The minimum Gasteiger partial charge on any atom is -0.382 e. The van der Waals surface area contributed by atoms with E-state index in [0.29, 0.717) is 23.4 Å². The van der Waals surface area contributed by atoms with Gasteiger partial charge >= 0.3 is 0 Å². The highest BCUT2D eigenvalue weighted by molar-refractivity contribution is 6.35. The van der Waals surface area contributed by atoms with Crippen molar-refractivity contribution in [2.45, 2.75) is 12.5 Å². The van der Waals surface area contributed by atoms with Crippen LogP contribution in [-0.4, -0.2) is 32.6 Å². The number of hydrogen-bond acceptors (Lipinski definition) is 3. The fourth-order valence-electron chi connectivity index (χ4n) is 2.01. The Morgan fingerprint density at radius 3 is 2.59 bits per heavy atom. The van der Waals surface area contributed by atoms with Gasteiger partial charge in [-0.15, -0.1) is 0 Å². The molecule has 1 fully saturated rings. The fourth-order valence-corrected chi connectivity index (χ4v) is 2.52. The molecular weight excluding hydrogens is 261 g/mol. The summed E-state index contributed by atoms with van der Waals surface area (Å²) < 4.78 is 10.9. The molecule has 0 bridgehead atoms. The van der Waals surface area contributed by atoms with Gasteiger partial charge in [-0.3, -0.25) is 0 Å². The van der Waals surface area contributed by atoms with Crippen molar-refractivity contribution in [1.82, 2.24) is 0 Å². The van der Waals surface area contributed by atoms with E-state index in [1.807, 2.05) is 19.1 Å². The maximum absolute atomic E-state index is 5.98. The lowest BCUT2D eigenvalue weighted by atomic mass is 10.1. The van der Waals surface area contributed by atoms with E-state index in [0.717, 1.165) is 12.2 Å². The molecule has 0 radical (unpaired) electrons. The van der Waals surface area contributed by atoms with Crippen molar-refractivity contribution < 1.29 is 9.47 Å². The maximum atomic E-state index is 5.98. The van der Waals surface area contributed by atoms with E-state index >= 15 is 0 Å². The first-order chi connectivity index (χ1) is 8.02. The van der Waals surface area contributed by atoms with Gasteiger partial charge in [-0.25, -0.2) is 0 Å². The van der Waals surface area contributed by atoms with E-state index in [9.17, 15) is 0 Å². The molecule has 2 rings (SSSR count). The molecule has 1 aromatic carbocycles. The summed E-state index contributed by atoms with van der Waals surface area (Å²) in [6, 6.07) is 5.49. The second-order valence-electron chi connectivity index (χ2n) is 4.48. The molecular formula is C12H15Cl2NO2. The Labute approximate surface area is 111 Å². The summed E-state index contributed by atoms with van der Waals surface area (Å²) >= 11 is 12.0. The van der Waals surface area contributed by atoms with Crippen LogP contribution in [0, 0.1) is 0 Å². The van der Waals surface area contributed by atoms with E-state index < -0.39 is 0 Å². The average Bonchev–Trinajstić information content (AvgIpc) is 2.60. The molecule has 5 heteroatoms. The molecule has 1 unspecified atom stereocenters. The Kier molecular flexibility index (Phi) is 3.83. The summed E-state index contributed by atoms with van der Waals surface area (Å²) in [7, 11) is 1.67. The quantitative estimate of drug-likeness (QED) is 0.846. The maximum Gasteiger partial charge on any atom is 0.119 e. The molecule has 0 saturated carbocycles. The van der Waals surface area contributed by atoms with Gasteiger partial charge in [0.2, 0.25) is 0 Å². The number of halogens is 2. The third kappa shape index (κ3) is 3.05. The largest absolute Gasteiger partial charge is 0.382 e. The van der Waals surface area contributed by atoms with Gasteiger partial charge in [-0.1, -0.05) is 23.2 Å². The SMILES string of the molecule is COCC1(C)CN(c2cc(Cl)cc(Cl)c2)CO1. The predicted octanol–water partition coefficient (Wildman–Crippen LogP) is 3.19. The molecule has 1 aromatic rings. The molecule has 1 saturated heterocycles. The molecule has 1 atom stereocenters. The van der Waals surface area contributed by atoms with Crippen molar-refractivity contribution in [3.63, 3.8) is 0 Å². The molecule has 0 spiro atoms. The standard InChI is InChI=1S/C12H15Cl2NO2/c1-12(7-16-2)6-15(8-17-12)11-4-9(13)3-10(14)5-11/h3-5H,6-8H2,1-2H3. The Balaban J connectivity index is 2.14. The Morgan fingerprint density at radius 2 is 2.00 bits per heavy atom. The highest BCUT2D eigenvalue weighted by atomic mass is 35.5. The topological polar surface area (TPSA) is 21.7 Å². The van der Waals surface area contributed by atoms with Crippen molar-refractivity contribution in [2.75, 3.05) is 31.9 Å². The van der Waals surface area contributed by atoms with Crippen LogP contribution < -0.4 is 4.90 Å². The normalized spacial score (nSPS) is 24.4. The smallest absolute Gasteiger partial charge is 0.119 e. The zero-order valence-electron chi connectivity index (χ0n) is 9.87. The second-order valence-corrected chi connectivity index (χ2v) is 5.35. The molecule has 1 aliphatic rings. The summed E-state index contributed by atoms with van der Waals surface area (Å²) in [6.07, 6.45) is 0. The van der Waals surface area contributed by atoms with Gasteiger partial charge in [0.15, 0.2) is 0 Å². The van der Waals surface area contributed by atoms with Crippen LogP contribution in [0.15, 0.2) is 18.2 Å². The lowest BCUT2D eigenvalue weighted by molar-refractivity contribution is -0.0310. The van der Waals surface area contributed by atoms with Gasteiger partial charge in [-0.05, 0) is 25.1 Å². The number of benzene rings is 1. The number of anilines is 1. The summed E-state index contributed by atoms with van der Waals surface area (Å²) in [4.78, 5) is 2.09. The molecule has 0 aliphatic carbocycles. The van der Waals surface area contributed by atoms with E-state index in [2.05, 4.69) is 4.90 Å². The first kappa shape index (κ1) is 13.0. The molecule has 0 amide bonds. The number of hydrogen-bond donors (Lipinski definition) is 0. The fraction of sp³-hybridized carbons (Fsp3) is 0.500. The Hall–Kier alpha value is -0.480. The molecule has 0 N–H and O–H groups in total. The minimum atomic E-state index is -0.274. The van der Waals surface area contributed by atoms with Crippen molar-refractivity contribution in [1.29, 1.82) is 0 Å². The molecule has 94 valence electrons. The van der Waals surface area contributed by atoms with E-state index in [-0.39, 0.29) is 5.60 Å². The highest BCUT2D eigenvalue weighted by Crippen LogP contribution is 2.30. The monoisotopic (exact) mass is 275 g/mol. The van der Waals surface area contributed by atoms with Crippen LogP contribution in [0.25, 0.3) is 0 Å². The van der Waals surface area contributed by atoms with E-state index in [1.165, 1.54) is 0 Å². The molecule has 1 aliphatic heterocycles. The van der Waals surface area contributed by atoms with E-state index in [1.54, 1.807) is 13.2 Å². The highest BCUT2D eigenvalue weighted by Gasteiger charge is 2.35. The first-order valence-electron chi connectivity index (χ1n) is 5.36. The van der Waals surface area contributed by atoms with Crippen molar-refractivity contribution in [2.24, 2.45) is 0 Å². The Morgan fingerprint density at radius 1 is 1.35 bits per heavy atom. The number of ether oxygens (including phenoxy) is 2. The van der Waals surface area contributed by atoms with Gasteiger partial charge in [0.25, 0.3) is 0 Å². The lowest BCUT2D eigenvalue weighted by Gasteiger charge is -2.22. The summed E-state index contributed by atoms with van der Waals surface area (Å²) in [6.45, 7) is 3.88. The zero-order valence-corrected chi connectivity index (χ0v) is 11.4. The van der Waals surface area contributed by atoms with Gasteiger partial charge in [0.05, 0.1) is 13.2 Å². The van der Waals surface area contributed by atoms with Crippen LogP contribution >= 0.6 is 23.2 Å². The van der Waals surface area contributed by atoms with Crippen molar-refractivity contribution >= 4 is 28.9 Å². The van der Waals surface area contributed by atoms with Crippen LogP contribution in [0.3, 0.4) is 0 Å². The number of nitrogens with zero attached hydrogens (tertiary/aromatic N) is 1. The first-order valence-corrected chi connectivity index (χ1v) is 6.12. The van der Waals surface area contributed by atoms with Crippen LogP contribution in [0.1, 0.15) is 6.92 Å². The van der Waals surface area contributed by atoms with Gasteiger partial charge in [0.1, 0.15) is 12.3 Å². The van der Waals surface area contributed by atoms with Crippen LogP contribution in [-0.2, 0) is 9.47 Å². The predicted molar refractivity (Wildman–Crippen MR) is 70.0 cm³/mol. The average molecular weight is 276 g/mol. The summed E-state index contributed by atoms with van der Waals surface area (Å²) in [5.74, 6) is 0. The molecule has 0 aromatic heterocycles. The third-order valence-electron chi connectivity index (χ3n) is 2.76. The molecule has 3 nitrogen and oxygen atoms in total. The van der Waals surface area contributed by atoms with Gasteiger partial charge in [0, 0.05) is 22.8 Å².